The summed E-state index contributed by atoms with van der Waals surface area (Å²) in [6.45, 7) is 6.79. The number of carbonyl (C=O) groups is 1. The number of benzene rings is 1. The third kappa shape index (κ3) is 4.02. The minimum atomic E-state index is -0.0541. The lowest BCUT2D eigenvalue weighted by Gasteiger charge is -2.23. The Labute approximate surface area is 194 Å². The van der Waals surface area contributed by atoms with Crippen LogP contribution < -0.4 is 5.32 Å². The maximum Gasteiger partial charge on any atom is 0.252 e. The Morgan fingerprint density at radius 3 is 2.75 bits per heavy atom. The SMILES string of the molecule is Cc1cc(C(=O)NC[C@@H]2CCN(C3CCCC3)C2)c2c(C)nn(-c3ccccc3Cl)c2n1. The molecular weight excluding hydrogens is 422 g/mol. The van der Waals surface area contributed by atoms with Gasteiger partial charge in [0.1, 0.15) is 0 Å². The summed E-state index contributed by atoms with van der Waals surface area (Å²) in [6, 6.07) is 10.2. The molecule has 1 saturated heterocycles. The Morgan fingerprint density at radius 1 is 1.19 bits per heavy atom. The Kier molecular flexibility index (Phi) is 5.91. The van der Waals surface area contributed by atoms with Gasteiger partial charge < -0.3 is 10.2 Å². The molecule has 2 aromatic heterocycles. The molecule has 6 nitrogen and oxygen atoms in total. The number of para-hydroxylation sites is 1. The number of nitrogens with one attached hydrogen (secondary N) is 1. The van der Waals surface area contributed by atoms with Crippen molar-refractivity contribution >= 4 is 28.5 Å². The van der Waals surface area contributed by atoms with Gasteiger partial charge in [0.2, 0.25) is 0 Å². The van der Waals surface area contributed by atoms with Crippen LogP contribution in [0.1, 0.15) is 53.8 Å². The molecule has 1 aliphatic carbocycles. The highest BCUT2D eigenvalue weighted by Gasteiger charge is 2.30. The minimum absolute atomic E-state index is 0.0541. The summed E-state index contributed by atoms with van der Waals surface area (Å²) >= 11 is 6.42. The standard InChI is InChI=1S/C25H30ClN5O/c1-16-13-20(25(32)27-14-18-11-12-30(15-18)19-7-3-4-8-19)23-17(2)29-31(24(23)28-16)22-10-6-5-9-21(22)26/h5-6,9-10,13,18-19H,3-4,7-8,11-12,14-15H2,1-2H3,(H,27,32)/t18-/m0/s1. The van der Waals surface area contributed by atoms with Crippen LogP contribution in [0.3, 0.4) is 0 Å². The number of pyridine rings is 1. The van der Waals surface area contributed by atoms with Crippen LogP contribution in [-0.2, 0) is 0 Å². The van der Waals surface area contributed by atoms with Crippen molar-refractivity contribution in [2.75, 3.05) is 19.6 Å². The summed E-state index contributed by atoms with van der Waals surface area (Å²) < 4.78 is 1.74. The highest BCUT2D eigenvalue weighted by atomic mass is 35.5. The van der Waals surface area contributed by atoms with Gasteiger partial charge in [-0.25, -0.2) is 9.67 Å². The zero-order chi connectivity index (χ0) is 22.2. The second-order valence-electron chi connectivity index (χ2n) is 9.26. The molecule has 32 heavy (non-hydrogen) atoms. The van der Waals surface area contributed by atoms with Crippen molar-refractivity contribution < 1.29 is 4.79 Å². The maximum absolute atomic E-state index is 13.3. The van der Waals surface area contributed by atoms with E-state index in [0.29, 0.717) is 28.7 Å². The lowest BCUT2D eigenvalue weighted by Crippen LogP contribution is -2.34. The van der Waals surface area contributed by atoms with Crippen LogP contribution in [0.5, 0.6) is 0 Å². The first-order valence-electron chi connectivity index (χ1n) is 11.7. The van der Waals surface area contributed by atoms with Crippen LogP contribution in [0.25, 0.3) is 16.7 Å². The van der Waals surface area contributed by atoms with Gasteiger partial charge in [0.15, 0.2) is 5.65 Å². The van der Waals surface area contributed by atoms with Crippen molar-refractivity contribution in [1.29, 1.82) is 0 Å². The summed E-state index contributed by atoms with van der Waals surface area (Å²) in [6.07, 6.45) is 6.55. The van der Waals surface area contributed by atoms with E-state index in [9.17, 15) is 4.79 Å². The van der Waals surface area contributed by atoms with Crippen LogP contribution in [0.2, 0.25) is 5.02 Å². The van der Waals surface area contributed by atoms with E-state index in [-0.39, 0.29) is 5.91 Å². The maximum atomic E-state index is 13.3. The molecule has 168 valence electrons. The highest BCUT2D eigenvalue weighted by Crippen LogP contribution is 2.30. The first-order valence-corrected chi connectivity index (χ1v) is 12.0. The van der Waals surface area contributed by atoms with E-state index >= 15 is 0 Å². The lowest BCUT2D eigenvalue weighted by atomic mass is 10.1. The molecule has 1 amide bonds. The predicted molar refractivity (Wildman–Crippen MR) is 128 cm³/mol. The average Bonchev–Trinajstić information content (AvgIpc) is 3.52. The Hall–Kier alpha value is -2.44. The molecule has 1 aromatic carbocycles. The summed E-state index contributed by atoms with van der Waals surface area (Å²) in [4.78, 5) is 20.6. The summed E-state index contributed by atoms with van der Waals surface area (Å²) in [5.74, 6) is 0.464. The Morgan fingerprint density at radius 2 is 1.97 bits per heavy atom. The quantitative estimate of drug-likeness (QED) is 0.611. The molecule has 1 N–H and O–H groups in total. The molecule has 5 rings (SSSR count). The molecule has 2 fully saturated rings. The van der Waals surface area contributed by atoms with Crippen LogP contribution in [0.15, 0.2) is 30.3 Å². The Bertz CT molecular complexity index is 1150. The number of fused-ring (bicyclic) bond motifs is 1. The highest BCUT2D eigenvalue weighted by molar-refractivity contribution is 6.32. The number of halogens is 1. The number of amides is 1. The zero-order valence-electron chi connectivity index (χ0n) is 18.8. The fourth-order valence-corrected chi connectivity index (χ4v) is 5.56. The molecule has 1 atom stereocenters. The van der Waals surface area contributed by atoms with Gasteiger partial charge in [-0.3, -0.25) is 4.79 Å². The average molecular weight is 452 g/mol. The zero-order valence-corrected chi connectivity index (χ0v) is 19.5. The number of rotatable bonds is 5. The van der Waals surface area contributed by atoms with Crippen molar-refractivity contribution in [3.63, 3.8) is 0 Å². The molecular formula is C25H30ClN5O. The second-order valence-corrected chi connectivity index (χ2v) is 9.66. The molecule has 0 radical (unpaired) electrons. The normalized spacial score (nSPS) is 19.8. The number of carbonyl (C=O) groups excluding carboxylic acids is 1. The van der Waals surface area contributed by atoms with Crippen molar-refractivity contribution in [3.8, 4) is 5.69 Å². The van der Waals surface area contributed by atoms with E-state index in [4.69, 9.17) is 16.6 Å². The second kappa shape index (κ2) is 8.83. The summed E-state index contributed by atoms with van der Waals surface area (Å²) in [5, 5.41) is 9.26. The third-order valence-electron chi connectivity index (χ3n) is 6.98. The van der Waals surface area contributed by atoms with E-state index in [0.717, 1.165) is 48.0 Å². The van der Waals surface area contributed by atoms with Crippen molar-refractivity contribution in [2.45, 2.75) is 52.0 Å². The van der Waals surface area contributed by atoms with Crippen LogP contribution in [-0.4, -0.2) is 51.2 Å². The number of aryl methyl sites for hydroxylation is 2. The molecule has 1 saturated carbocycles. The topological polar surface area (TPSA) is 63.1 Å². The van der Waals surface area contributed by atoms with Crippen LogP contribution in [0.4, 0.5) is 0 Å². The van der Waals surface area contributed by atoms with Crippen LogP contribution >= 0.6 is 11.6 Å². The molecule has 3 aromatic rings. The first-order chi connectivity index (χ1) is 15.5. The van der Waals surface area contributed by atoms with E-state index in [1.807, 2.05) is 44.2 Å². The predicted octanol–water partition coefficient (Wildman–Crippen LogP) is 4.69. The van der Waals surface area contributed by atoms with Gasteiger partial charge >= 0.3 is 0 Å². The van der Waals surface area contributed by atoms with E-state index in [1.54, 1.807) is 4.68 Å². The number of likely N-dealkylation sites (tertiary alicyclic amines) is 1. The van der Waals surface area contributed by atoms with Crippen LogP contribution in [0, 0.1) is 19.8 Å². The molecule has 7 heteroatoms. The summed E-state index contributed by atoms with van der Waals surface area (Å²) in [5.41, 5.74) is 3.60. The number of hydrogen-bond donors (Lipinski definition) is 1. The van der Waals surface area contributed by atoms with E-state index < -0.39 is 0 Å². The minimum Gasteiger partial charge on any atom is -0.352 e. The molecule has 0 bridgehead atoms. The molecule has 1 aliphatic heterocycles. The molecule has 0 spiro atoms. The monoisotopic (exact) mass is 451 g/mol. The van der Waals surface area contributed by atoms with Crippen molar-refractivity contribution in [3.05, 3.63) is 52.3 Å². The molecule has 0 unspecified atom stereocenters. The third-order valence-corrected chi connectivity index (χ3v) is 7.30. The van der Waals surface area contributed by atoms with Gasteiger partial charge in [-0.1, -0.05) is 36.6 Å². The fourth-order valence-electron chi connectivity index (χ4n) is 5.35. The van der Waals surface area contributed by atoms with Gasteiger partial charge in [0.25, 0.3) is 5.91 Å². The molecule has 3 heterocycles. The van der Waals surface area contributed by atoms with E-state index in [1.165, 1.54) is 25.7 Å². The largest absolute Gasteiger partial charge is 0.352 e. The van der Waals surface area contributed by atoms with Gasteiger partial charge in [0.05, 0.1) is 27.4 Å². The number of aromatic nitrogens is 3. The Balaban J connectivity index is 1.37. The smallest absolute Gasteiger partial charge is 0.252 e. The number of hydrogen-bond acceptors (Lipinski definition) is 4. The van der Waals surface area contributed by atoms with Gasteiger partial charge in [-0.2, -0.15) is 5.10 Å². The first kappa shape index (κ1) is 21.4. The van der Waals surface area contributed by atoms with Crippen molar-refractivity contribution in [2.24, 2.45) is 5.92 Å². The lowest BCUT2D eigenvalue weighted by molar-refractivity contribution is 0.0948. The molecule has 2 aliphatic rings. The fraction of sp³-hybridized carbons (Fsp3) is 0.480. The van der Waals surface area contributed by atoms with Gasteiger partial charge in [-0.15, -0.1) is 0 Å². The van der Waals surface area contributed by atoms with Crippen molar-refractivity contribution in [1.82, 2.24) is 25.0 Å². The summed E-state index contributed by atoms with van der Waals surface area (Å²) in [7, 11) is 0. The van der Waals surface area contributed by atoms with Gasteiger partial charge in [0, 0.05) is 24.8 Å². The van der Waals surface area contributed by atoms with Gasteiger partial charge in [-0.05, 0) is 63.8 Å². The van der Waals surface area contributed by atoms with E-state index in [2.05, 4.69) is 15.3 Å². The number of nitrogens with zero attached hydrogens (tertiary/aromatic N) is 4.